The summed E-state index contributed by atoms with van der Waals surface area (Å²) >= 11 is 0. The number of ether oxygens (including phenoxy) is 2. The minimum atomic E-state index is -0.268. The summed E-state index contributed by atoms with van der Waals surface area (Å²) in [4.78, 5) is 16.4. The second-order valence-corrected chi connectivity index (χ2v) is 7.19. The molecule has 0 fully saturated rings. The van der Waals surface area contributed by atoms with Crippen molar-refractivity contribution in [3.05, 3.63) is 89.9 Å². The van der Waals surface area contributed by atoms with Crippen LogP contribution in [-0.2, 0) is 29.1 Å². The van der Waals surface area contributed by atoms with Gasteiger partial charge < -0.3 is 19.6 Å². The molecule has 6 heteroatoms. The van der Waals surface area contributed by atoms with E-state index in [0.29, 0.717) is 25.5 Å². The maximum atomic E-state index is 11.9. The number of imidazole rings is 1. The second kappa shape index (κ2) is 9.45. The van der Waals surface area contributed by atoms with Crippen molar-refractivity contribution in [3.8, 4) is 16.9 Å². The largest absolute Gasteiger partial charge is 0.488 e. The zero-order valence-electron chi connectivity index (χ0n) is 17.5. The Balaban J connectivity index is 1.62. The first-order valence-corrected chi connectivity index (χ1v) is 10.3. The van der Waals surface area contributed by atoms with Gasteiger partial charge in [0.25, 0.3) is 0 Å². The van der Waals surface area contributed by atoms with Gasteiger partial charge in [0.05, 0.1) is 13.0 Å². The van der Waals surface area contributed by atoms with Gasteiger partial charge in [0.1, 0.15) is 18.0 Å². The number of rotatable bonds is 8. The molecule has 0 saturated carbocycles. The highest BCUT2D eigenvalue weighted by atomic mass is 16.5. The van der Waals surface area contributed by atoms with E-state index in [9.17, 15) is 4.79 Å². The van der Waals surface area contributed by atoms with Crippen molar-refractivity contribution in [1.82, 2.24) is 9.38 Å². The lowest BCUT2D eigenvalue weighted by atomic mass is 10.0. The topological polar surface area (TPSA) is 78.8 Å². The molecular weight excluding hydrogens is 390 g/mol. The summed E-state index contributed by atoms with van der Waals surface area (Å²) in [6.45, 7) is 2.98. The Morgan fingerprint density at radius 2 is 1.94 bits per heavy atom. The Morgan fingerprint density at radius 3 is 2.77 bits per heavy atom. The van der Waals surface area contributed by atoms with Gasteiger partial charge in [-0.3, -0.25) is 4.79 Å². The molecule has 2 aromatic carbocycles. The number of hydrogen-bond acceptors (Lipinski definition) is 5. The predicted octanol–water partition coefficient (Wildman–Crippen LogP) is 4.14. The molecule has 4 aromatic rings. The Bertz CT molecular complexity index is 1200. The summed E-state index contributed by atoms with van der Waals surface area (Å²) in [5, 5.41) is 0. The molecule has 2 N–H and O–H groups in total. The van der Waals surface area contributed by atoms with Gasteiger partial charge in [-0.1, -0.05) is 36.4 Å². The lowest BCUT2D eigenvalue weighted by Gasteiger charge is -2.13. The number of pyridine rings is 1. The maximum absolute atomic E-state index is 11.9. The first-order chi connectivity index (χ1) is 15.2. The first-order valence-electron chi connectivity index (χ1n) is 10.3. The molecular formula is C25H25N3O3. The van der Waals surface area contributed by atoms with Crippen LogP contribution in [0.2, 0.25) is 0 Å². The second-order valence-electron chi connectivity index (χ2n) is 7.19. The number of esters is 1. The quantitative estimate of drug-likeness (QED) is 0.438. The predicted molar refractivity (Wildman–Crippen MR) is 120 cm³/mol. The van der Waals surface area contributed by atoms with Crippen LogP contribution in [0.4, 0.5) is 0 Å². The van der Waals surface area contributed by atoms with E-state index in [1.165, 1.54) is 0 Å². The average molecular weight is 415 g/mol. The van der Waals surface area contributed by atoms with Gasteiger partial charge in [-0.05, 0) is 41.8 Å². The Morgan fingerprint density at radius 1 is 1.06 bits per heavy atom. The van der Waals surface area contributed by atoms with Crippen molar-refractivity contribution in [2.24, 2.45) is 5.73 Å². The number of para-hydroxylation sites is 1. The molecule has 0 aliphatic heterocycles. The van der Waals surface area contributed by atoms with Gasteiger partial charge >= 0.3 is 5.97 Å². The van der Waals surface area contributed by atoms with E-state index >= 15 is 0 Å². The van der Waals surface area contributed by atoms with Crippen LogP contribution >= 0.6 is 0 Å². The number of fused-ring (bicyclic) bond motifs is 1. The van der Waals surface area contributed by atoms with E-state index in [0.717, 1.165) is 33.5 Å². The fourth-order valence-corrected chi connectivity index (χ4v) is 3.56. The molecule has 0 aliphatic rings. The molecule has 158 valence electrons. The van der Waals surface area contributed by atoms with E-state index in [2.05, 4.69) is 29.4 Å². The molecule has 4 rings (SSSR count). The summed E-state index contributed by atoms with van der Waals surface area (Å²) in [7, 11) is 0. The normalized spacial score (nSPS) is 10.9. The molecule has 0 unspecified atom stereocenters. The number of benzene rings is 2. The van der Waals surface area contributed by atoms with Gasteiger partial charge in [-0.25, -0.2) is 4.98 Å². The highest BCUT2D eigenvalue weighted by molar-refractivity contribution is 5.73. The summed E-state index contributed by atoms with van der Waals surface area (Å²) in [6, 6.07) is 17.8. The van der Waals surface area contributed by atoms with Gasteiger partial charge in [0.2, 0.25) is 0 Å². The van der Waals surface area contributed by atoms with Crippen LogP contribution in [0.15, 0.2) is 73.2 Å². The van der Waals surface area contributed by atoms with E-state index in [4.69, 9.17) is 15.2 Å². The highest BCUT2D eigenvalue weighted by Crippen LogP contribution is 2.26. The molecule has 31 heavy (non-hydrogen) atoms. The van der Waals surface area contributed by atoms with Crippen LogP contribution < -0.4 is 10.5 Å². The molecule has 0 aliphatic carbocycles. The van der Waals surface area contributed by atoms with Gasteiger partial charge in [0.15, 0.2) is 0 Å². The Kier molecular flexibility index (Phi) is 6.29. The van der Waals surface area contributed by atoms with Crippen molar-refractivity contribution in [1.29, 1.82) is 0 Å². The lowest BCUT2D eigenvalue weighted by molar-refractivity contribution is -0.142. The summed E-state index contributed by atoms with van der Waals surface area (Å²) < 4.78 is 13.2. The number of aromatic nitrogens is 2. The number of carbonyl (C=O) groups excluding carboxylic acids is 1. The van der Waals surface area contributed by atoms with Gasteiger partial charge in [-0.15, -0.1) is 0 Å². The fourth-order valence-electron chi connectivity index (χ4n) is 3.56. The average Bonchev–Trinajstić information content (AvgIpc) is 3.27. The van der Waals surface area contributed by atoms with Crippen LogP contribution in [0, 0.1) is 0 Å². The van der Waals surface area contributed by atoms with E-state index in [1.807, 2.05) is 47.0 Å². The highest BCUT2D eigenvalue weighted by Gasteiger charge is 2.12. The minimum absolute atomic E-state index is 0.175. The van der Waals surface area contributed by atoms with Crippen molar-refractivity contribution in [2.45, 2.75) is 26.5 Å². The summed E-state index contributed by atoms with van der Waals surface area (Å²) in [5.41, 5.74) is 11.6. The third-order valence-electron chi connectivity index (χ3n) is 5.06. The third kappa shape index (κ3) is 4.75. The van der Waals surface area contributed by atoms with Crippen molar-refractivity contribution in [3.63, 3.8) is 0 Å². The summed E-state index contributed by atoms with van der Waals surface area (Å²) in [5.74, 6) is 0.395. The standard InChI is InChI=1S/C25H25N3O3/c1-2-30-24(29)14-20-7-3-4-9-23(20)31-17-22-13-21(16-28-11-10-27-25(22)28)19-8-5-6-18(12-19)15-26/h3-13,16H,2,14-15,17,26H2,1H3. The van der Waals surface area contributed by atoms with Gasteiger partial charge in [-0.2, -0.15) is 0 Å². The monoisotopic (exact) mass is 415 g/mol. The van der Waals surface area contributed by atoms with Gasteiger partial charge in [0, 0.05) is 36.3 Å². The lowest BCUT2D eigenvalue weighted by Crippen LogP contribution is -2.09. The Labute approximate surface area is 181 Å². The molecule has 0 amide bonds. The van der Waals surface area contributed by atoms with E-state index < -0.39 is 0 Å². The SMILES string of the molecule is CCOC(=O)Cc1ccccc1OCc1cc(-c2cccc(CN)c2)cn2ccnc12. The summed E-state index contributed by atoms with van der Waals surface area (Å²) in [6.07, 6.45) is 5.92. The number of carbonyl (C=O) groups is 1. The maximum Gasteiger partial charge on any atom is 0.310 e. The number of hydrogen-bond donors (Lipinski definition) is 1. The van der Waals surface area contributed by atoms with Crippen LogP contribution in [0.3, 0.4) is 0 Å². The molecule has 0 bridgehead atoms. The fraction of sp³-hybridized carbons (Fsp3) is 0.200. The molecule has 2 heterocycles. The molecule has 0 saturated heterocycles. The van der Waals surface area contributed by atoms with E-state index in [-0.39, 0.29) is 12.4 Å². The van der Waals surface area contributed by atoms with Crippen molar-refractivity contribution >= 4 is 11.6 Å². The van der Waals surface area contributed by atoms with Crippen LogP contribution in [0.5, 0.6) is 5.75 Å². The molecule has 0 radical (unpaired) electrons. The van der Waals surface area contributed by atoms with Crippen LogP contribution in [0.1, 0.15) is 23.6 Å². The van der Waals surface area contributed by atoms with Crippen LogP contribution in [0.25, 0.3) is 16.8 Å². The van der Waals surface area contributed by atoms with Crippen molar-refractivity contribution < 1.29 is 14.3 Å². The first kappa shape index (κ1) is 20.6. The van der Waals surface area contributed by atoms with Crippen LogP contribution in [-0.4, -0.2) is 22.0 Å². The number of nitrogens with zero attached hydrogens (tertiary/aromatic N) is 2. The molecule has 0 atom stereocenters. The molecule has 6 nitrogen and oxygen atoms in total. The smallest absolute Gasteiger partial charge is 0.310 e. The number of nitrogens with two attached hydrogens (primary N) is 1. The minimum Gasteiger partial charge on any atom is -0.488 e. The zero-order valence-corrected chi connectivity index (χ0v) is 17.5. The van der Waals surface area contributed by atoms with Crippen molar-refractivity contribution in [2.75, 3.05) is 6.61 Å². The molecule has 0 spiro atoms. The Hall–Kier alpha value is -3.64. The molecule has 2 aromatic heterocycles. The zero-order chi connectivity index (χ0) is 21.6. The van der Waals surface area contributed by atoms with E-state index in [1.54, 1.807) is 13.1 Å². The third-order valence-corrected chi connectivity index (χ3v) is 5.06.